The van der Waals surface area contributed by atoms with Gasteiger partial charge in [0.15, 0.2) is 0 Å². The average Bonchev–Trinajstić information content (AvgIpc) is 2.26. The van der Waals surface area contributed by atoms with Crippen LogP contribution in [-0.2, 0) is 9.13 Å². The Morgan fingerprint density at radius 3 is 1.95 bits per heavy atom. The molecule has 120 valence electrons. The van der Waals surface area contributed by atoms with Crippen LogP contribution >= 0.6 is 15.2 Å². The summed E-state index contributed by atoms with van der Waals surface area (Å²) in [5, 5.41) is 6.36. The topological polar surface area (TPSA) is 187 Å². The number of nitrogens with two attached hydrogens (primary N) is 2. The largest absolute Gasteiger partial charge is 0.369 e. The first-order valence-electron chi connectivity index (χ1n) is 6.25. The molecular formula is C9H22N2O7P2. The van der Waals surface area contributed by atoms with Crippen LogP contribution < -0.4 is 11.5 Å². The normalized spacial score (nSPS) is 27.4. The highest BCUT2D eigenvalue weighted by molar-refractivity contribution is 7.72. The van der Waals surface area contributed by atoms with Gasteiger partial charge in [-0.1, -0.05) is 12.8 Å². The van der Waals surface area contributed by atoms with Crippen LogP contribution in [0.15, 0.2) is 0 Å². The molecule has 9 N–H and O–H groups in total. The molecule has 0 amide bonds. The van der Waals surface area contributed by atoms with Crippen molar-refractivity contribution in [2.24, 2.45) is 17.4 Å². The molecule has 11 heteroatoms. The van der Waals surface area contributed by atoms with Crippen molar-refractivity contribution in [2.75, 3.05) is 0 Å². The lowest BCUT2D eigenvalue weighted by Crippen LogP contribution is -2.48. The molecule has 9 nitrogen and oxygen atoms in total. The summed E-state index contributed by atoms with van der Waals surface area (Å²) in [5.41, 5.74) is 11.7. The highest BCUT2D eigenvalue weighted by atomic mass is 31.2. The molecular weight excluding hydrogens is 310 g/mol. The maximum absolute atomic E-state index is 11.3. The van der Waals surface area contributed by atoms with Crippen LogP contribution in [0, 0.1) is 5.92 Å². The van der Waals surface area contributed by atoms with Gasteiger partial charge in [0.1, 0.15) is 0 Å². The smallest absolute Gasteiger partial charge is 0.367 e. The van der Waals surface area contributed by atoms with E-state index in [1.165, 1.54) is 0 Å². The molecule has 0 aromatic heterocycles. The van der Waals surface area contributed by atoms with Crippen LogP contribution in [0.25, 0.3) is 0 Å². The second kappa shape index (κ2) is 6.12. The summed E-state index contributed by atoms with van der Waals surface area (Å²) in [6.07, 6.45) is 2.12. The summed E-state index contributed by atoms with van der Waals surface area (Å²) in [6.45, 7) is 0. The van der Waals surface area contributed by atoms with E-state index in [0.717, 1.165) is 12.8 Å². The summed E-state index contributed by atoms with van der Waals surface area (Å²) < 4.78 is 22.5. The molecule has 1 aliphatic rings. The van der Waals surface area contributed by atoms with Crippen molar-refractivity contribution >= 4 is 15.2 Å². The molecule has 0 saturated heterocycles. The minimum atomic E-state index is -5.46. The van der Waals surface area contributed by atoms with Crippen LogP contribution in [0.3, 0.4) is 0 Å². The summed E-state index contributed by atoms with van der Waals surface area (Å²) in [5.74, 6) is -0.339. The monoisotopic (exact) mass is 332 g/mol. The fraction of sp³-hybridized carbons (Fsp3) is 1.00. The maximum atomic E-state index is 11.3. The third-order valence-electron chi connectivity index (χ3n) is 3.87. The summed E-state index contributed by atoms with van der Waals surface area (Å²) in [6, 6.07) is -1.31. The Balaban J connectivity index is 2.97. The van der Waals surface area contributed by atoms with E-state index >= 15 is 0 Å². The zero-order valence-corrected chi connectivity index (χ0v) is 12.7. The Morgan fingerprint density at radius 1 is 1.10 bits per heavy atom. The Hall–Kier alpha value is 0.180. The lowest BCUT2D eigenvalue weighted by Gasteiger charge is -2.37. The van der Waals surface area contributed by atoms with E-state index in [1.807, 2.05) is 0 Å². The molecule has 1 aliphatic carbocycles. The van der Waals surface area contributed by atoms with Crippen LogP contribution in [0.5, 0.6) is 0 Å². The second-order valence-electron chi connectivity index (χ2n) is 5.34. The van der Waals surface area contributed by atoms with E-state index in [4.69, 9.17) is 31.0 Å². The first-order chi connectivity index (χ1) is 8.90. The molecule has 3 unspecified atom stereocenters. The molecule has 0 aromatic rings. The maximum Gasteiger partial charge on any atom is 0.369 e. The van der Waals surface area contributed by atoms with Crippen LogP contribution in [0.2, 0.25) is 0 Å². The molecule has 20 heavy (non-hydrogen) atoms. The average molecular weight is 332 g/mol. The number of hydrogen-bond donors (Lipinski definition) is 7. The van der Waals surface area contributed by atoms with Crippen molar-refractivity contribution in [1.29, 1.82) is 0 Å². The first kappa shape index (κ1) is 18.2. The molecule has 1 fully saturated rings. The molecule has 3 atom stereocenters. The van der Waals surface area contributed by atoms with Gasteiger partial charge in [0.05, 0.1) is 0 Å². The lowest BCUT2D eigenvalue weighted by atomic mass is 9.79. The highest BCUT2D eigenvalue weighted by Gasteiger charge is 2.60. The SMILES string of the molecule is NC1CCCCC1C(N)CC(O)(P(=O)(O)O)P(=O)(O)O. The van der Waals surface area contributed by atoms with Crippen molar-refractivity contribution in [3.8, 4) is 0 Å². The summed E-state index contributed by atoms with van der Waals surface area (Å²) >= 11 is 0. The van der Waals surface area contributed by atoms with E-state index in [2.05, 4.69) is 0 Å². The van der Waals surface area contributed by atoms with Gasteiger partial charge in [0, 0.05) is 18.5 Å². The lowest BCUT2D eigenvalue weighted by molar-refractivity contribution is 0.102. The van der Waals surface area contributed by atoms with E-state index < -0.39 is 32.7 Å². The standard InChI is InChI=1S/C9H22N2O7P2/c10-7-4-2-1-3-6(7)8(11)5-9(12,19(13,14)15)20(16,17)18/h6-8,12H,1-5,10-11H2,(H2,13,14,15)(H2,16,17,18). The fourth-order valence-electron chi connectivity index (χ4n) is 2.59. The molecule has 0 aromatic carbocycles. The fourth-order valence-corrected chi connectivity index (χ4v) is 4.85. The van der Waals surface area contributed by atoms with Crippen LogP contribution in [0.4, 0.5) is 0 Å². The molecule has 1 saturated carbocycles. The van der Waals surface area contributed by atoms with Gasteiger partial charge in [-0.3, -0.25) is 9.13 Å². The van der Waals surface area contributed by atoms with Gasteiger partial charge in [-0.05, 0) is 18.8 Å². The predicted octanol–water partition coefficient (Wildman–Crippen LogP) is -0.777. The number of rotatable bonds is 5. The van der Waals surface area contributed by atoms with E-state index in [1.54, 1.807) is 0 Å². The Kier molecular flexibility index (Phi) is 5.58. The Morgan fingerprint density at radius 2 is 1.55 bits per heavy atom. The van der Waals surface area contributed by atoms with E-state index in [-0.39, 0.29) is 12.0 Å². The molecule has 0 heterocycles. The minimum Gasteiger partial charge on any atom is -0.367 e. The number of aliphatic hydroxyl groups is 1. The van der Waals surface area contributed by atoms with Crippen molar-refractivity contribution in [3.05, 3.63) is 0 Å². The molecule has 0 bridgehead atoms. The predicted molar refractivity (Wildman–Crippen MR) is 71.6 cm³/mol. The van der Waals surface area contributed by atoms with E-state index in [0.29, 0.717) is 12.8 Å². The second-order valence-corrected chi connectivity index (χ2v) is 9.35. The molecule has 0 aliphatic heterocycles. The molecule has 0 radical (unpaired) electrons. The summed E-state index contributed by atoms with van der Waals surface area (Å²) in [7, 11) is -10.9. The van der Waals surface area contributed by atoms with Gasteiger partial charge in [-0.25, -0.2) is 0 Å². The van der Waals surface area contributed by atoms with Crippen molar-refractivity contribution in [3.63, 3.8) is 0 Å². The third-order valence-corrected chi connectivity index (χ3v) is 7.66. The zero-order valence-electron chi connectivity index (χ0n) is 10.9. The minimum absolute atomic E-state index is 0.309. The van der Waals surface area contributed by atoms with Gasteiger partial charge in [0.2, 0.25) is 0 Å². The number of hydrogen-bond acceptors (Lipinski definition) is 5. The van der Waals surface area contributed by atoms with Crippen molar-refractivity contribution in [2.45, 2.75) is 49.3 Å². The zero-order chi connectivity index (χ0) is 15.8. The van der Waals surface area contributed by atoms with Gasteiger partial charge in [0.25, 0.3) is 5.08 Å². The Labute approximate surface area is 116 Å². The van der Waals surface area contributed by atoms with Gasteiger partial charge >= 0.3 is 15.2 Å². The summed E-state index contributed by atoms with van der Waals surface area (Å²) in [4.78, 5) is 36.3. The highest BCUT2D eigenvalue weighted by Crippen LogP contribution is 2.69. The van der Waals surface area contributed by atoms with Crippen molar-refractivity contribution in [1.82, 2.24) is 0 Å². The quantitative estimate of drug-likeness (QED) is 0.317. The van der Waals surface area contributed by atoms with Gasteiger partial charge < -0.3 is 36.1 Å². The Bertz CT molecular complexity index is 412. The third kappa shape index (κ3) is 3.68. The van der Waals surface area contributed by atoms with Crippen LogP contribution in [-0.4, -0.2) is 41.8 Å². The molecule has 1 rings (SSSR count). The first-order valence-corrected chi connectivity index (χ1v) is 9.47. The molecule has 0 spiro atoms. The van der Waals surface area contributed by atoms with Gasteiger partial charge in [-0.2, -0.15) is 0 Å². The van der Waals surface area contributed by atoms with Crippen molar-refractivity contribution < 1.29 is 33.8 Å². The van der Waals surface area contributed by atoms with E-state index in [9.17, 15) is 14.2 Å². The van der Waals surface area contributed by atoms with Gasteiger partial charge in [-0.15, -0.1) is 0 Å². The van der Waals surface area contributed by atoms with Crippen LogP contribution in [0.1, 0.15) is 32.1 Å².